The molecular formula is C27H35N5O2. The van der Waals surface area contributed by atoms with Crippen LogP contribution < -0.4 is 21.1 Å². The maximum Gasteiger partial charge on any atom is 0.255 e. The number of nitrogens with two attached hydrogens (primary N) is 1. The molecule has 3 aromatic rings. The van der Waals surface area contributed by atoms with Crippen molar-refractivity contribution in [3.63, 3.8) is 0 Å². The molecular weight excluding hydrogens is 426 g/mol. The quantitative estimate of drug-likeness (QED) is 0.492. The van der Waals surface area contributed by atoms with Crippen molar-refractivity contribution < 1.29 is 9.53 Å². The lowest BCUT2D eigenvalue weighted by molar-refractivity contribution is 0.0927. The molecule has 0 bridgehead atoms. The van der Waals surface area contributed by atoms with Crippen molar-refractivity contribution in [2.24, 2.45) is 5.73 Å². The predicted octanol–water partition coefficient (Wildman–Crippen LogP) is 4.75. The van der Waals surface area contributed by atoms with Crippen molar-refractivity contribution in [2.75, 3.05) is 12.4 Å². The number of hydrogen-bond acceptors (Lipinski definition) is 5. The first kappa shape index (κ1) is 22.7. The summed E-state index contributed by atoms with van der Waals surface area (Å²) in [7, 11) is 1.67. The van der Waals surface area contributed by atoms with Crippen LogP contribution in [0.15, 0.2) is 42.6 Å². The number of methoxy groups -OCH3 is 1. The molecule has 1 amide bonds. The van der Waals surface area contributed by atoms with E-state index < -0.39 is 0 Å². The second kappa shape index (κ2) is 10.1. The molecule has 0 unspecified atom stereocenters. The van der Waals surface area contributed by atoms with Gasteiger partial charge in [-0.25, -0.2) is 4.98 Å². The molecule has 5 rings (SSSR count). The Balaban J connectivity index is 1.53. The van der Waals surface area contributed by atoms with Crippen LogP contribution in [0.1, 0.15) is 68.1 Å². The zero-order valence-electron chi connectivity index (χ0n) is 19.9. The van der Waals surface area contributed by atoms with E-state index in [0.29, 0.717) is 17.3 Å². The number of ether oxygens (including phenoxy) is 1. The number of anilines is 1. The van der Waals surface area contributed by atoms with Crippen molar-refractivity contribution in [3.05, 3.63) is 48.2 Å². The van der Waals surface area contributed by atoms with E-state index in [1.807, 2.05) is 47.0 Å². The van der Waals surface area contributed by atoms with Gasteiger partial charge < -0.3 is 21.1 Å². The molecule has 0 atom stereocenters. The number of hydrogen-bond donors (Lipinski definition) is 3. The molecule has 2 heterocycles. The van der Waals surface area contributed by atoms with Crippen LogP contribution in [0.5, 0.6) is 5.75 Å². The maximum atomic E-state index is 13.3. The van der Waals surface area contributed by atoms with E-state index >= 15 is 0 Å². The van der Waals surface area contributed by atoms with Crippen molar-refractivity contribution in [1.29, 1.82) is 0 Å². The maximum absolute atomic E-state index is 13.3. The highest BCUT2D eigenvalue weighted by atomic mass is 16.5. The summed E-state index contributed by atoms with van der Waals surface area (Å²) in [6, 6.07) is 12.6. The Kier molecular flexibility index (Phi) is 6.72. The van der Waals surface area contributed by atoms with E-state index in [9.17, 15) is 4.79 Å². The SMILES string of the molecule is COc1cccc(-c2nc3c(C(=O)NC4CCC(N)CC4)cccn3c2NC2CCCCC2)c1. The minimum absolute atomic E-state index is 0.0718. The second-order valence-corrected chi connectivity index (χ2v) is 9.72. The minimum atomic E-state index is -0.0718. The van der Waals surface area contributed by atoms with Crippen molar-refractivity contribution in [1.82, 2.24) is 14.7 Å². The Morgan fingerprint density at radius 1 is 1.03 bits per heavy atom. The Hall–Kier alpha value is -3.06. The van der Waals surface area contributed by atoms with E-state index in [2.05, 4.69) is 10.6 Å². The third-order valence-electron chi connectivity index (χ3n) is 7.29. The highest BCUT2D eigenvalue weighted by molar-refractivity contribution is 6.01. The van der Waals surface area contributed by atoms with Gasteiger partial charge in [0.25, 0.3) is 5.91 Å². The van der Waals surface area contributed by atoms with Gasteiger partial charge in [-0.15, -0.1) is 0 Å². The van der Waals surface area contributed by atoms with Gasteiger partial charge in [0.15, 0.2) is 5.65 Å². The summed E-state index contributed by atoms with van der Waals surface area (Å²) in [5.74, 6) is 1.65. The van der Waals surface area contributed by atoms with E-state index in [0.717, 1.165) is 61.3 Å². The van der Waals surface area contributed by atoms with E-state index in [4.69, 9.17) is 15.5 Å². The standard InChI is InChI=1S/C27H35N5O2/c1-34-22-10-5-7-18(17-22)24-26(29-20-8-3-2-4-9-20)32-16-6-11-23(25(32)31-24)27(33)30-21-14-12-19(28)13-15-21/h5-7,10-11,16-17,19-21,29H,2-4,8-9,12-15,28H2,1H3,(H,30,33). The Morgan fingerprint density at radius 2 is 1.82 bits per heavy atom. The lowest BCUT2D eigenvalue weighted by Gasteiger charge is -2.26. The zero-order chi connectivity index (χ0) is 23.5. The molecule has 4 N–H and O–H groups in total. The first-order valence-corrected chi connectivity index (χ1v) is 12.6. The minimum Gasteiger partial charge on any atom is -0.497 e. The highest BCUT2D eigenvalue weighted by Gasteiger charge is 2.25. The van der Waals surface area contributed by atoms with Crippen LogP contribution in [0.25, 0.3) is 16.9 Å². The average molecular weight is 462 g/mol. The van der Waals surface area contributed by atoms with Gasteiger partial charge in [0.1, 0.15) is 17.3 Å². The van der Waals surface area contributed by atoms with Gasteiger partial charge in [-0.2, -0.15) is 0 Å². The van der Waals surface area contributed by atoms with Gasteiger partial charge >= 0.3 is 0 Å². The fraction of sp³-hybridized carbons (Fsp3) is 0.481. The topological polar surface area (TPSA) is 93.7 Å². The normalized spacial score (nSPS) is 21.4. The largest absolute Gasteiger partial charge is 0.497 e. The van der Waals surface area contributed by atoms with E-state index in [1.165, 1.54) is 19.3 Å². The number of carbonyl (C=O) groups excluding carboxylic acids is 1. The average Bonchev–Trinajstić information content (AvgIpc) is 3.24. The number of nitrogens with one attached hydrogen (secondary N) is 2. The van der Waals surface area contributed by atoms with Gasteiger partial charge in [0, 0.05) is 29.9 Å². The molecule has 1 aromatic carbocycles. The first-order chi connectivity index (χ1) is 16.6. The van der Waals surface area contributed by atoms with Crippen LogP contribution in [0.3, 0.4) is 0 Å². The predicted molar refractivity (Wildman–Crippen MR) is 135 cm³/mol. The fourth-order valence-corrected chi connectivity index (χ4v) is 5.32. The molecule has 0 aliphatic heterocycles. The van der Waals surface area contributed by atoms with Crippen LogP contribution in [0, 0.1) is 0 Å². The lowest BCUT2D eigenvalue weighted by Crippen LogP contribution is -2.40. The number of pyridine rings is 1. The van der Waals surface area contributed by atoms with E-state index in [1.54, 1.807) is 7.11 Å². The third-order valence-corrected chi connectivity index (χ3v) is 7.29. The Labute approximate surface area is 201 Å². The molecule has 180 valence electrons. The van der Waals surface area contributed by atoms with Gasteiger partial charge in [0.2, 0.25) is 0 Å². The number of carbonyl (C=O) groups is 1. The molecule has 2 aliphatic rings. The van der Waals surface area contributed by atoms with Crippen LogP contribution in [-0.4, -0.2) is 40.5 Å². The summed E-state index contributed by atoms with van der Waals surface area (Å²) in [4.78, 5) is 18.3. The fourth-order valence-electron chi connectivity index (χ4n) is 5.32. The number of benzene rings is 1. The van der Waals surface area contributed by atoms with Crippen molar-refractivity contribution in [3.8, 4) is 17.0 Å². The van der Waals surface area contributed by atoms with Gasteiger partial charge in [-0.1, -0.05) is 31.4 Å². The molecule has 34 heavy (non-hydrogen) atoms. The molecule has 7 heteroatoms. The van der Waals surface area contributed by atoms with Crippen LogP contribution in [0.4, 0.5) is 5.82 Å². The Bertz CT molecular complexity index is 1140. The molecule has 0 radical (unpaired) electrons. The molecule has 0 spiro atoms. The molecule has 0 saturated heterocycles. The van der Waals surface area contributed by atoms with Crippen LogP contribution in [-0.2, 0) is 0 Å². The summed E-state index contributed by atoms with van der Waals surface area (Å²) in [5, 5.41) is 7.00. The smallest absolute Gasteiger partial charge is 0.255 e. The van der Waals surface area contributed by atoms with Gasteiger partial charge in [-0.05, 0) is 62.8 Å². The molecule has 2 saturated carbocycles. The summed E-state index contributed by atoms with van der Waals surface area (Å²) in [6.07, 6.45) is 11.8. The summed E-state index contributed by atoms with van der Waals surface area (Å²) in [5.41, 5.74) is 9.12. The first-order valence-electron chi connectivity index (χ1n) is 12.6. The second-order valence-electron chi connectivity index (χ2n) is 9.72. The van der Waals surface area contributed by atoms with Crippen LogP contribution in [0.2, 0.25) is 0 Å². The number of aromatic nitrogens is 2. The zero-order valence-corrected chi connectivity index (χ0v) is 19.9. The molecule has 2 aromatic heterocycles. The van der Waals surface area contributed by atoms with Crippen molar-refractivity contribution >= 4 is 17.4 Å². The summed E-state index contributed by atoms with van der Waals surface area (Å²) in [6.45, 7) is 0. The van der Waals surface area contributed by atoms with Crippen LogP contribution >= 0.6 is 0 Å². The third kappa shape index (κ3) is 4.75. The lowest BCUT2D eigenvalue weighted by atomic mass is 9.91. The molecule has 2 aliphatic carbocycles. The Morgan fingerprint density at radius 3 is 2.59 bits per heavy atom. The monoisotopic (exact) mass is 461 g/mol. The molecule has 7 nitrogen and oxygen atoms in total. The number of amides is 1. The number of nitrogens with zero attached hydrogens (tertiary/aromatic N) is 2. The highest BCUT2D eigenvalue weighted by Crippen LogP contribution is 2.34. The number of rotatable bonds is 6. The summed E-state index contributed by atoms with van der Waals surface area (Å²) >= 11 is 0. The molecule has 2 fully saturated rings. The van der Waals surface area contributed by atoms with E-state index in [-0.39, 0.29) is 18.0 Å². The van der Waals surface area contributed by atoms with Gasteiger partial charge in [0.05, 0.1) is 12.7 Å². The number of fused-ring (bicyclic) bond motifs is 1. The summed E-state index contributed by atoms with van der Waals surface area (Å²) < 4.78 is 7.50. The number of imidazole rings is 1. The van der Waals surface area contributed by atoms with Gasteiger partial charge in [-0.3, -0.25) is 9.20 Å². The van der Waals surface area contributed by atoms with Crippen molar-refractivity contribution in [2.45, 2.75) is 75.9 Å².